The standard InChI is InChI=1S/C19H21ClN2O4/c1-25-11-3-10-21-19(24)14-4-2-5-16(12-14)22-18(23)13-26-17-8-6-15(20)7-9-17/h2,4-9,12H,3,10-11,13H2,1H3,(H,21,24)(H,22,23). The maximum absolute atomic E-state index is 12.1. The molecule has 0 radical (unpaired) electrons. The molecule has 2 amide bonds. The fraction of sp³-hybridized carbons (Fsp3) is 0.263. The van der Waals surface area contributed by atoms with Gasteiger partial charge in [0.15, 0.2) is 6.61 Å². The van der Waals surface area contributed by atoms with Gasteiger partial charge in [-0.3, -0.25) is 9.59 Å². The van der Waals surface area contributed by atoms with Gasteiger partial charge in [0.25, 0.3) is 11.8 Å². The van der Waals surface area contributed by atoms with Gasteiger partial charge < -0.3 is 20.1 Å². The summed E-state index contributed by atoms with van der Waals surface area (Å²) < 4.78 is 10.3. The number of methoxy groups -OCH3 is 1. The van der Waals surface area contributed by atoms with E-state index in [-0.39, 0.29) is 18.4 Å². The first-order valence-corrected chi connectivity index (χ1v) is 8.51. The van der Waals surface area contributed by atoms with Gasteiger partial charge in [-0.2, -0.15) is 0 Å². The average Bonchev–Trinajstić information content (AvgIpc) is 2.65. The number of amides is 2. The quantitative estimate of drug-likeness (QED) is 0.659. The lowest BCUT2D eigenvalue weighted by molar-refractivity contribution is -0.118. The minimum atomic E-state index is -0.322. The van der Waals surface area contributed by atoms with Crippen LogP contribution >= 0.6 is 11.6 Å². The number of hydrogen-bond acceptors (Lipinski definition) is 4. The highest BCUT2D eigenvalue weighted by Crippen LogP contribution is 2.16. The van der Waals surface area contributed by atoms with Crippen molar-refractivity contribution >= 4 is 29.1 Å². The van der Waals surface area contributed by atoms with Crippen LogP contribution in [0.5, 0.6) is 5.75 Å². The van der Waals surface area contributed by atoms with E-state index < -0.39 is 0 Å². The van der Waals surface area contributed by atoms with Crippen molar-refractivity contribution in [2.75, 3.05) is 32.2 Å². The van der Waals surface area contributed by atoms with Crippen LogP contribution in [0, 0.1) is 0 Å². The second-order valence-electron chi connectivity index (χ2n) is 5.47. The Morgan fingerprint density at radius 1 is 1.12 bits per heavy atom. The molecule has 0 aliphatic carbocycles. The Morgan fingerprint density at radius 2 is 1.88 bits per heavy atom. The summed E-state index contributed by atoms with van der Waals surface area (Å²) in [6.07, 6.45) is 0.737. The summed E-state index contributed by atoms with van der Waals surface area (Å²) in [5.41, 5.74) is 0.998. The third-order valence-corrected chi connectivity index (χ3v) is 3.65. The number of ether oxygens (including phenoxy) is 2. The lowest BCUT2D eigenvalue weighted by Crippen LogP contribution is -2.25. The number of carbonyl (C=O) groups excluding carboxylic acids is 2. The van der Waals surface area contributed by atoms with Crippen LogP contribution in [0.15, 0.2) is 48.5 Å². The Balaban J connectivity index is 1.83. The van der Waals surface area contributed by atoms with E-state index in [2.05, 4.69) is 10.6 Å². The Bertz CT molecular complexity index is 735. The molecule has 26 heavy (non-hydrogen) atoms. The molecule has 0 aliphatic rings. The Kier molecular flexibility index (Phi) is 7.92. The van der Waals surface area contributed by atoms with Gasteiger partial charge in [-0.1, -0.05) is 17.7 Å². The first-order valence-electron chi connectivity index (χ1n) is 8.14. The SMILES string of the molecule is COCCCNC(=O)c1cccc(NC(=O)COc2ccc(Cl)cc2)c1. The van der Waals surface area contributed by atoms with Crippen molar-refractivity contribution in [1.29, 1.82) is 0 Å². The van der Waals surface area contributed by atoms with Gasteiger partial charge >= 0.3 is 0 Å². The molecule has 6 nitrogen and oxygen atoms in total. The van der Waals surface area contributed by atoms with Crippen molar-refractivity contribution in [1.82, 2.24) is 5.32 Å². The molecule has 2 rings (SSSR count). The van der Waals surface area contributed by atoms with Crippen LogP contribution < -0.4 is 15.4 Å². The fourth-order valence-corrected chi connectivity index (χ4v) is 2.26. The van der Waals surface area contributed by atoms with Crippen molar-refractivity contribution in [3.8, 4) is 5.75 Å². The summed E-state index contributed by atoms with van der Waals surface area (Å²) in [7, 11) is 1.62. The number of nitrogens with one attached hydrogen (secondary N) is 2. The summed E-state index contributed by atoms with van der Waals surface area (Å²) in [6.45, 7) is 0.970. The lowest BCUT2D eigenvalue weighted by atomic mass is 10.2. The fourth-order valence-electron chi connectivity index (χ4n) is 2.14. The van der Waals surface area contributed by atoms with Crippen LogP contribution in [0.2, 0.25) is 5.02 Å². The van der Waals surface area contributed by atoms with Gasteiger partial charge in [-0.05, 0) is 48.9 Å². The van der Waals surface area contributed by atoms with E-state index in [0.717, 1.165) is 6.42 Å². The minimum absolute atomic E-state index is 0.144. The molecule has 0 saturated carbocycles. The van der Waals surface area contributed by atoms with Crippen LogP contribution in [0.25, 0.3) is 0 Å². The van der Waals surface area contributed by atoms with Crippen LogP contribution in [0.3, 0.4) is 0 Å². The van der Waals surface area contributed by atoms with Crippen molar-refractivity contribution in [2.24, 2.45) is 0 Å². The molecule has 0 unspecified atom stereocenters. The predicted molar refractivity (Wildman–Crippen MR) is 101 cm³/mol. The number of hydrogen-bond donors (Lipinski definition) is 2. The molecule has 2 aromatic carbocycles. The number of halogens is 1. The zero-order valence-electron chi connectivity index (χ0n) is 14.5. The Labute approximate surface area is 157 Å². The van der Waals surface area contributed by atoms with Gasteiger partial charge in [0.1, 0.15) is 5.75 Å². The van der Waals surface area contributed by atoms with Crippen molar-refractivity contribution in [3.05, 3.63) is 59.1 Å². The normalized spacial score (nSPS) is 10.2. The molecular weight excluding hydrogens is 356 g/mol. The van der Waals surface area contributed by atoms with Gasteiger partial charge in [-0.15, -0.1) is 0 Å². The number of carbonyl (C=O) groups is 2. The van der Waals surface area contributed by atoms with E-state index in [0.29, 0.717) is 35.2 Å². The van der Waals surface area contributed by atoms with Crippen LogP contribution in [0.1, 0.15) is 16.8 Å². The van der Waals surface area contributed by atoms with Gasteiger partial charge in [0.2, 0.25) is 0 Å². The Hall–Kier alpha value is -2.57. The number of benzene rings is 2. The molecule has 0 aliphatic heterocycles. The second-order valence-corrected chi connectivity index (χ2v) is 5.91. The lowest BCUT2D eigenvalue weighted by Gasteiger charge is -2.09. The van der Waals surface area contributed by atoms with E-state index >= 15 is 0 Å². The maximum atomic E-state index is 12.1. The zero-order valence-corrected chi connectivity index (χ0v) is 15.2. The highest BCUT2D eigenvalue weighted by Gasteiger charge is 2.08. The third kappa shape index (κ3) is 6.74. The van der Waals surface area contributed by atoms with Crippen LogP contribution in [-0.4, -0.2) is 38.7 Å². The molecule has 0 bridgehead atoms. The molecule has 2 N–H and O–H groups in total. The van der Waals surface area contributed by atoms with E-state index in [4.69, 9.17) is 21.1 Å². The monoisotopic (exact) mass is 376 g/mol. The summed E-state index contributed by atoms with van der Waals surface area (Å²) in [4.78, 5) is 24.1. The molecule has 0 atom stereocenters. The summed E-state index contributed by atoms with van der Waals surface area (Å²) in [5, 5.41) is 6.10. The van der Waals surface area contributed by atoms with E-state index in [1.807, 2.05) is 0 Å². The smallest absolute Gasteiger partial charge is 0.262 e. The van der Waals surface area contributed by atoms with Crippen LogP contribution in [0.4, 0.5) is 5.69 Å². The molecule has 7 heteroatoms. The second kappa shape index (κ2) is 10.4. The topological polar surface area (TPSA) is 76.7 Å². The summed E-state index contributed by atoms with van der Waals surface area (Å²) >= 11 is 5.80. The number of rotatable bonds is 9. The molecular formula is C19H21ClN2O4. The van der Waals surface area contributed by atoms with Crippen LogP contribution in [-0.2, 0) is 9.53 Å². The maximum Gasteiger partial charge on any atom is 0.262 e. The summed E-state index contributed by atoms with van der Waals surface area (Å²) in [6, 6.07) is 13.5. The van der Waals surface area contributed by atoms with E-state index in [1.165, 1.54) is 0 Å². The number of anilines is 1. The molecule has 0 heterocycles. The van der Waals surface area contributed by atoms with Crippen molar-refractivity contribution < 1.29 is 19.1 Å². The zero-order chi connectivity index (χ0) is 18.8. The Morgan fingerprint density at radius 3 is 2.62 bits per heavy atom. The van der Waals surface area contributed by atoms with E-state index in [9.17, 15) is 9.59 Å². The van der Waals surface area contributed by atoms with Gasteiger partial charge in [-0.25, -0.2) is 0 Å². The molecule has 138 valence electrons. The minimum Gasteiger partial charge on any atom is -0.484 e. The molecule has 0 fully saturated rings. The first kappa shape index (κ1) is 19.8. The van der Waals surface area contributed by atoms with E-state index in [1.54, 1.807) is 55.6 Å². The van der Waals surface area contributed by atoms with Crippen molar-refractivity contribution in [2.45, 2.75) is 6.42 Å². The summed E-state index contributed by atoms with van der Waals surface area (Å²) in [5.74, 6) is 0.0287. The van der Waals surface area contributed by atoms with Gasteiger partial charge in [0, 0.05) is 36.5 Å². The third-order valence-electron chi connectivity index (χ3n) is 3.40. The first-order chi connectivity index (χ1) is 12.6. The molecule has 0 spiro atoms. The molecule has 0 aromatic heterocycles. The largest absolute Gasteiger partial charge is 0.484 e. The van der Waals surface area contributed by atoms with Crippen molar-refractivity contribution in [3.63, 3.8) is 0 Å². The highest BCUT2D eigenvalue weighted by atomic mass is 35.5. The van der Waals surface area contributed by atoms with Gasteiger partial charge in [0.05, 0.1) is 0 Å². The average molecular weight is 377 g/mol. The predicted octanol–water partition coefficient (Wildman–Crippen LogP) is 3.12. The highest BCUT2D eigenvalue weighted by molar-refractivity contribution is 6.30. The molecule has 0 saturated heterocycles. The molecule has 2 aromatic rings.